The number of allylic oxidation sites excluding steroid dienone is 4. The first-order valence-electron chi connectivity index (χ1n) is 10.6. The minimum Gasteiger partial charge on any atom is -0.410 e. The summed E-state index contributed by atoms with van der Waals surface area (Å²) in [7, 11) is -1.86. The Bertz CT molecular complexity index is 690. The van der Waals surface area contributed by atoms with Gasteiger partial charge in [-0.1, -0.05) is 51.2 Å². The number of hydrogen-bond acceptors (Lipinski definition) is 3. The Balaban J connectivity index is 2.45. The van der Waals surface area contributed by atoms with Crippen LogP contribution in [0, 0.1) is 23.7 Å². The van der Waals surface area contributed by atoms with Gasteiger partial charge >= 0.3 is 0 Å². The Labute approximate surface area is 171 Å². The van der Waals surface area contributed by atoms with Crippen LogP contribution in [0.2, 0.25) is 18.1 Å². The van der Waals surface area contributed by atoms with Crippen LogP contribution in [-0.4, -0.2) is 26.0 Å². The maximum atomic E-state index is 13.2. The molecule has 0 fully saturated rings. The van der Waals surface area contributed by atoms with Crippen molar-refractivity contribution in [1.29, 1.82) is 0 Å². The van der Waals surface area contributed by atoms with Crippen LogP contribution in [0.15, 0.2) is 48.6 Å². The van der Waals surface area contributed by atoms with Gasteiger partial charge in [-0.25, -0.2) is 0 Å². The number of ketones is 2. The predicted molar refractivity (Wildman–Crippen MR) is 119 cm³/mol. The van der Waals surface area contributed by atoms with Crippen molar-refractivity contribution in [2.75, 3.05) is 0 Å². The molecule has 0 saturated carbocycles. The molecule has 3 unspecified atom stereocenters. The van der Waals surface area contributed by atoms with Gasteiger partial charge in [0.1, 0.15) is 0 Å². The molecule has 5 atom stereocenters. The third-order valence-corrected chi connectivity index (χ3v) is 11.6. The van der Waals surface area contributed by atoms with E-state index in [9.17, 15) is 9.59 Å². The summed E-state index contributed by atoms with van der Waals surface area (Å²) in [6.07, 6.45) is 7.95. The molecule has 2 rings (SSSR count). The van der Waals surface area contributed by atoms with Crippen LogP contribution in [0.25, 0.3) is 0 Å². The van der Waals surface area contributed by atoms with Gasteiger partial charge in [0, 0.05) is 17.8 Å². The van der Waals surface area contributed by atoms with E-state index >= 15 is 0 Å². The molecule has 0 saturated heterocycles. The van der Waals surface area contributed by atoms with Crippen LogP contribution in [0.3, 0.4) is 0 Å². The summed E-state index contributed by atoms with van der Waals surface area (Å²) in [5, 5.41) is 0. The monoisotopic (exact) mass is 400 g/mol. The predicted octanol–water partition coefficient (Wildman–Crippen LogP) is 5.66. The summed E-state index contributed by atoms with van der Waals surface area (Å²) in [6, 6.07) is 3.14. The van der Waals surface area contributed by atoms with Crippen molar-refractivity contribution in [3.8, 4) is 0 Å². The lowest BCUT2D eigenvalue weighted by molar-refractivity contribution is -0.133. The zero-order chi connectivity index (χ0) is 21.1. The van der Waals surface area contributed by atoms with Gasteiger partial charge < -0.3 is 4.43 Å². The highest BCUT2D eigenvalue weighted by atomic mass is 28.4. The van der Waals surface area contributed by atoms with Crippen molar-refractivity contribution in [2.24, 2.45) is 23.7 Å². The second kappa shape index (κ2) is 9.32. The highest BCUT2D eigenvalue weighted by molar-refractivity contribution is 6.73. The van der Waals surface area contributed by atoms with Crippen molar-refractivity contribution in [1.82, 2.24) is 0 Å². The number of rotatable bonds is 8. The lowest BCUT2D eigenvalue weighted by atomic mass is 9.62. The summed E-state index contributed by atoms with van der Waals surface area (Å²) in [6.45, 7) is 18.6. The zero-order valence-electron chi connectivity index (χ0n) is 18.2. The molecule has 3 nitrogen and oxygen atoms in total. The third-order valence-electron chi connectivity index (χ3n) is 6.99. The fourth-order valence-electron chi connectivity index (χ4n) is 4.84. The normalized spacial score (nSPS) is 30.9. The highest BCUT2D eigenvalue weighted by Crippen LogP contribution is 2.43. The van der Waals surface area contributed by atoms with Gasteiger partial charge in [0.25, 0.3) is 0 Å². The van der Waals surface area contributed by atoms with Gasteiger partial charge in [0.2, 0.25) is 0 Å². The topological polar surface area (TPSA) is 43.4 Å². The molecule has 2 aliphatic carbocycles. The van der Waals surface area contributed by atoms with Crippen LogP contribution in [0.1, 0.15) is 41.0 Å². The van der Waals surface area contributed by atoms with Crippen LogP contribution < -0.4 is 0 Å². The molecule has 0 heterocycles. The Hall–Kier alpha value is -1.52. The van der Waals surface area contributed by atoms with Gasteiger partial charge in [-0.3, -0.25) is 9.59 Å². The first-order valence-corrected chi connectivity index (χ1v) is 13.2. The molecule has 0 radical (unpaired) electrons. The quantitative estimate of drug-likeness (QED) is 0.390. The minimum atomic E-state index is -1.86. The van der Waals surface area contributed by atoms with E-state index in [1.54, 1.807) is 6.08 Å². The maximum absolute atomic E-state index is 13.2. The van der Waals surface area contributed by atoms with E-state index in [-0.39, 0.29) is 35.4 Å². The van der Waals surface area contributed by atoms with Gasteiger partial charge in [-0.05, 0) is 56.0 Å². The summed E-state index contributed by atoms with van der Waals surface area (Å²) >= 11 is 0. The van der Waals surface area contributed by atoms with E-state index in [2.05, 4.69) is 33.9 Å². The van der Waals surface area contributed by atoms with Crippen LogP contribution >= 0.6 is 0 Å². The molecule has 2 aliphatic rings. The Kier molecular flexibility index (Phi) is 7.57. The summed E-state index contributed by atoms with van der Waals surface area (Å²) in [5.74, 6) is -0.914. The second-order valence-corrected chi connectivity index (χ2v) is 13.1. The third kappa shape index (κ3) is 4.23. The van der Waals surface area contributed by atoms with Gasteiger partial charge in [0.15, 0.2) is 19.9 Å². The van der Waals surface area contributed by atoms with Crippen LogP contribution in [-0.2, 0) is 14.0 Å². The highest BCUT2D eigenvalue weighted by Gasteiger charge is 2.48. The molecule has 4 heteroatoms. The van der Waals surface area contributed by atoms with Gasteiger partial charge in [0.05, 0.1) is 6.10 Å². The van der Waals surface area contributed by atoms with E-state index in [1.165, 1.54) is 0 Å². The van der Waals surface area contributed by atoms with E-state index in [0.717, 1.165) is 35.7 Å². The molecule has 28 heavy (non-hydrogen) atoms. The Morgan fingerprint density at radius 2 is 1.82 bits per heavy atom. The fourth-order valence-corrected chi connectivity index (χ4v) is 7.66. The number of hydrogen-bond donors (Lipinski definition) is 0. The SMILES string of the molecule is C=CC1C(O[Si](CC)(CC)CC)C=CC(=O)[C@@H]1C1C(=O)C(C)=CC[C@@H]1C(=C)C. The zero-order valence-corrected chi connectivity index (χ0v) is 19.2. The van der Waals surface area contributed by atoms with Crippen molar-refractivity contribution in [2.45, 2.75) is 65.3 Å². The number of carbonyl (C=O) groups is 2. The van der Waals surface area contributed by atoms with E-state index in [4.69, 9.17) is 4.43 Å². The molecule has 154 valence electrons. The van der Waals surface area contributed by atoms with Crippen molar-refractivity contribution in [3.05, 3.63) is 48.6 Å². The van der Waals surface area contributed by atoms with Gasteiger partial charge in [-0.15, -0.1) is 6.58 Å². The molecular formula is C24H36O3Si. The van der Waals surface area contributed by atoms with Crippen LogP contribution in [0.5, 0.6) is 0 Å². The molecule has 0 aromatic carbocycles. The first kappa shape index (κ1) is 22.8. The average molecular weight is 401 g/mol. The lowest BCUT2D eigenvalue weighted by Crippen LogP contribution is -2.49. The first-order chi connectivity index (χ1) is 13.2. The summed E-state index contributed by atoms with van der Waals surface area (Å²) < 4.78 is 6.74. The summed E-state index contributed by atoms with van der Waals surface area (Å²) in [5.41, 5.74) is 1.72. The Morgan fingerprint density at radius 1 is 1.21 bits per heavy atom. The average Bonchev–Trinajstić information content (AvgIpc) is 2.69. The van der Waals surface area contributed by atoms with Crippen LogP contribution in [0.4, 0.5) is 0 Å². The molecule has 0 bridgehead atoms. The molecule has 0 spiro atoms. The van der Waals surface area contributed by atoms with E-state index in [1.807, 2.05) is 32.1 Å². The van der Waals surface area contributed by atoms with Crippen molar-refractivity contribution >= 4 is 19.9 Å². The molecule has 0 N–H and O–H groups in total. The molecule has 0 aromatic heterocycles. The lowest BCUT2D eigenvalue weighted by Gasteiger charge is -2.43. The fraction of sp³-hybridized carbons (Fsp3) is 0.583. The largest absolute Gasteiger partial charge is 0.410 e. The summed E-state index contributed by atoms with van der Waals surface area (Å²) in [4.78, 5) is 26.2. The molecule has 0 aromatic rings. The Morgan fingerprint density at radius 3 is 2.32 bits per heavy atom. The standard InChI is InChI=1S/C24H36O3Si/c1-8-18-21(27-28(9-2,10-3)11-4)15-14-20(25)22(18)23-19(16(5)6)13-12-17(7)24(23)26/h8,12,14-15,18-19,21-23H,1,5,9-11,13H2,2-4,6-7H3/t18?,19-,21?,22-,23?/m1/s1. The van der Waals surface area contributed by atoms with Crippen molar-refractivity contribution in [3.63, 3.8) is 0 Å². The molecule has 0 amide bonds. The number of Topliss-reactive ketones (excluding diaryl/α,β-unsaturated/α-hetero) is 1. The van der Waals surface area contributed by atoms with E-state index < -0.39 is 14.2 Å². The number of carbonyl (C=O) groups excluding carboxylic acids is 2. The molecule has 0 aliphatic heterocycles. The van der Waals surface area contributed by atoms with Crippen molar-refractivity contribution < 1.29 is 14.0 Å². The van der Waals surface area contributed by atoms with Gasteiger partial charge in [-0.2, -0.15) is 0 Å². The molecular weight excluding hydrogens is 364 g/mol. The second-order valence-electron chi connectivity index (χ2n) is 8.39. The minimum absolute atomic E-state index is 0.00900. The maximum Gasteiger partial charge on any atom is 0.192 e. The van der Waals surface area contributed by atoms with E-state index in [0.29, 0.717) is 0 Å². The smallest absolute Gasteiger partial charge is 0.192 e.